The smallest absolute Gasteiger partial charge is 0.321 e. The molecule has 0 aliphatic carbocycles. The second kappa shape index (κ2) is 3.73. The number of rotatable bonds is 2. The van der Waals surface area contributed by atoms with E-state index in [4.69, 9.17) is 5.11 Å². The zero-order valence-corrected chi connectivity index (χ0v) is 8.00. The van der Waals surface area contributed by atoms with Gasteiger partial charge in [0.05, 0.1) is 0 Å². The number of hydrogen-bond acceptors (Lipinski definition) is 3. The van der Waals surface area contributed by atoms with Crippen LogP contribution in [0.3, 0.4) is 0 Å². The highest BCUT2D eigenvalue weighted by molar-refractivity contribution is 6.19. The Morgan fingerprint density at radius 2 is 2.12 bits per heavy atom. The fourth-order valence-electron chi connectivity index (χ4n) is 1.36. The van der Waals surface area contributed by atoms with Gasteiger partial charge in [-0.05, 0) is 12.1 Å². The maximum absolute atomic E-state index is 13.3. The minimum atomic E-state index is -1.33. The quantitative estimate of drug-likeness (QED) is 0.754. The van der Waals surface area contributed by atoms with Crippen LogP contribution in [0.25, 0.3) is 0 Å². The van der Waals surface area contributed by atoms with Gasteiger partial charge in [0, 0.05) is 6.21 Å². The van der Waals surface area contributed by atoms with Gasteiger partial charge in [-0.15, -0.1) is 0 Å². The number of halogens is 1. The number of nitrogens with zero attached hydrogens (tertiary/aromatic N) is 2. The SMILES string of the molecule is O=C(O)C1C=NN(c2ccccc2F)C1=O. The van der Waals surface area contributed by atoms with Crippen molar-refractivity contribution in [2.24, 2.45) is 11.0 Å². The van der Waals surface area contributed by atoms with E-state index in [0.717, 1.165) is 11.2 Å². The molecule has 1 amide bonds. The van der Waals surface area contributed by atoms with Crippen molar-refractivity contribution in [1.82, 2.24) is 0 Å². The summed E-state index contributed by atoms with van der Waals surface area (Å²) in [5.41, 5.74) is -0.0486. The van der Waals surface area contributed by atoms with E-state index < -0.39 is 23.6 Å². The molecule has 1 aliphatic rings. The number of anilines is 1. The minimum Gasteiger partial charge on any atom is -0.480 e. The van der Waals surface area contributed by atoms with E-state index in [1.54, 1.807) is 0 Å². The first kappa shape index (κ1) is 10.3. The van der Waals surface area contributed by atoms with E-state index >= 15 is 0 Å². The zero-order chi connectivity index (χ0) is 11.7. The summed E-state index contributed by atoms with van der Waals surface area (Å²) in [4.78, 5) is 22.2. The van der Waals surface area contributed by atoms with Gasteiger partial charge in [-0.25, -0.2) is 4.39 Å². The second-order valence-corrected chi connectivity index (χ2v) is 3.18. The Balaban J connectivity index is 2.33. The third-order valence-corrected chi connectivity index (χ3v) is 2.15. The fourth-order valence-corrected chi connectivity index (χ4v) is 1.36. The van der Waals surface area contributed by atoms with Crippen molar-refractivity contribution in [3.8, 4) is 0 Å². The van der Waals surface area contributed by atoms with Crippen molar-refractivity contribution >= 4 is 23.8 Å². The number of hydrogen-bond donors (Lipinski definition) is 1. The topological polar surface area (TPSA) is 70.0 Å². The summed E-state index contributed by atoms with van der Waals surface area (Å²) in [6.07, 6.45) is 0.983. The van der Waals surface area contributed by atoms with Crippen LogP contribution in [-0.2, 0) is 9.59 Å². The van der Waals surface area contributed by atoms with Gasteiger partial charge >= 0.3 is 5.97 Å². The number of carboxylic acid groups (broad SMARTS) is 1. The average Bonchev–Trinajstić information content (AvgIpc) is 2.61. The van der Waals surface area contributed by atoms with E-state index in [2.05, 4.69) is 5.10 Å². The first-order valence-electron chi connectivity index (χ1n) is 4.46. The molecule has 0 saturated carbocycles. The molecular weight excluding hydrogens is 215 g/mol. The molecule has 0 aromatic heterocycles. The lowest BCUT2D eigenvalue weighted by Gasteiger charge is -2.13. The molecule has 1 aromatic carbocycles. The molecule has 0 saturated heterocycles. The Kier molecular flexibility index (Phi) is 2.40. The molecule has 0 spiro atoms. The summed E-state index contributed by atoms with van der Waals surface area (Å²) in [6.45, 7) is 0. The molecule has 0 fully saturated rings. The predicted octanol–water partition coefficient (Wildman–Crippen LogP) is 0.859. The number of amides is 1. The summed E-state index contributed by atoms with van der Waals surface area (Å²) in [5.74, 6) is -4.02. The molecule has 1 aliphatic heterocycles. The maximum Gasteiger partial charge on any atom is 0.321 e. The molecule has 1 heterocycles. The second-order valence-electron chi connectivity index (χ2n) is 3.18. The largest absolute Gasteiger partial charge is 0.480 e. The van der Waals surface area contributed by atoms with Crippen molar-refractivity contribution in [3.05, 3.63) is 30.1 Å². The lowest BCUT2D eigenvalue weighted by molar-refractivity contribution is -0.142. The fraction of sp³-hybridized carbons (Fsp3) is 0.100. The summed E-state index contributed by atoms with van der Waals surface area (Å²) in [7, 11) is 0. The van der Waals surface area contributed by atoms with Gasteiger partial charge in [-0.3, -0.25) is 9.59 Å². The predicted molar refractivity (Wildman–Crippen MR) is 53.5 cm³/mol. The van der Waals surface area contributed by atoms with E-state index in [1.165, 1.54) is 24.3 Å². The van der Waals surface area contributed by atoms with E-state index in [1.807, 2.05) is 0 Å². The molecule has 1 aromatic rings. The number of para-hydroxylation sites is 1. The molecule has 16 heavy (non-hydrogen) atoms. The molecule has 1 atom stereocenters. The first-order chi connectivity index (χ1) is 7.61. The standard InChI is InChI=1S/C10H7FN2O3/c11-7-3-1-2-4-8(7)13-9(14)6(5-12-13)10(15)16/h1-6H,(H,15,16). The lowest BCUT2D eigenvalue weighted by atomic mass is 10.1. The highest BCUT2D eigenvalue weighted by atomic mass is 19.1. The van der Waals surface area contributed by atoms with Crippen molar-refractivity contribution in [2.75, 3.05) is 5.01 Å². The van der Waals surface area contributed by atoms with Crippen LogP contribution in [0, 0.1) is 11.7 Å². The molecule has 5 nitrogen and oxygen atoms in total. The van der Waals surface area contributed by atoms with Gasteiger partial charge < -0.3 is 5.11 Å². The average molecular weight is 222 g/mol. The summed E-state index contributed by atoms with van der Waals surface area (Å²) < 4.78 is 13.3. The van der Waals surface area contributed by atoms with Gasteiger partial charge in [0.1, 0.15) is 11.5 Å². The molecule has 82 valence electrons. The van der Waals surface area contributed by atoms with Crippen LogP contribution in [0.1, 0.15) is 0 Å². The Bertz CT molecular complexity index is 487. The third-order valence-electron chi connectivity index (χ3n) is 2.15. The number of carbonyl (C=O) groups is 2. The monoisotopic (exact) mass is 222 g/mol. The Hall–Kier alpha value is -2.24. The number of carbonyl (C=O) groups excluding carboxylic acids is 1. The van der Waals surface area contributed by atoms with Crippen LogP contribution >= 0.6 is 0 Å². The van der Waals surface area contributed by atoms with E-state index in [-0.39, 0.29) is 5.69 Å². The van der Waals surface area contributed by atoms with Crippen LogP contribution in [0.15, 0.2) is 29.4 Å². The number of hydrazone groups is 1. The Morgan fingerprint density at radius 3 is 2.69 bits per heavy atom. The lowest BCUT2D eigenvalue weighted by Crippen LogP contribution is -2.31. The molecule has 0 bridgehead atoms. The molecule has 1 N–H and O–H groups in total. The zero-order valence-electron chi connectivity index (χ0n) is 8.00. The first-order valence-corrected chi connectivity index (χ1v) is 4.46. The van der Waals surface area contributed by atoms with Crippen LogP contribution in [-0.4, -0.2) is 23.2 Å². The van der Waals surface area contributed by atoms with Crippen LogP contribution in [0.5, 0.6) is 0 Å². The molecule has 0 radical (unpaired) electrons. The van der Waals surface area contributed by atoms with Gasteiger partial charge in [0.15, 0.2) is 5.92 Å². The van der Waals surface area contributed by atoms with Crippen molar-refractivity contribution in [1.29, 1.82) is 0 Å². The van der Waals surface area contributed by atoms with Gasteiger partial charge in [-0.2, -0.15) is 10.1 Å². The summed E-state index contributed by atoms with van der Waals surface area (Å²) >= 11 is 0. The van der Waals surface area contributed by atoms with E-state index in [0.29, 0.717) is 0 Å². The van der Waals surface area contributed by atoms with Crippen molar-refractivity contribution in [3.63, 3.8) is 0 Å². The van der Waals surface area contributed by atoms with E-state index in [9.17, 15) is 14.0 Å². The summed E-state index contributed by atoms with van der Waals surface area (Å²) in [5, 5.41) is 13.0. The Morgan fingerprint density at radius 1 is 1.44 bits per heavy atom. The molecule has 2 rings (SSSR count). The number of carboxylic acids is 1. The van der Waals surface area contributed by atoms with Crippen molar-refractivity contribution in [2.45, 2.75) is 0 Å². The minimum absolute atomic E-state index is 0.0486. The van der Waals surface area contributed by atoms with Crippen molar-refractivity contribution < 1.29 is 19.1 Å². The summed E-state index contributed by atoms with van der Waals surface area (Å²) in [6, 6.07) is 5.54. The third kappa shape index (κ3) is 1.54. The van der Waals surface area contributed by atoms with Crippen LogP contribution < -0.4 is 5.01 Å². The molecule has 1 unspecified atom stereocenters. The van der Waals surface area contributed by atoms with Gasteiger partial charge in [-0.1, -0.05) is 12.1 Å². The van der Waals surface area contributed by atoms with Crippen LogP contribution in [0.4, 0.5) is 10.1 Å². The highest BCUT2D eigenvalue weighted by Gasteiger charge is 2.35. The number of benzene rings is 1. The molecule has 6 heteroatoms. The normalized spacial score (nSPS) is 19.2. The maximum atomic E-state index is 13.3. The Labute approximate surface area is 89.8 Å². The number of aliphatic carboxylic acids is 1. The van der Waals surface area contributed by atoms with Gasteiger partial charge in [0.25, 0.3) is 5.91 Å². The molecular formula is C10H7FN2O3. The van der Waals surface area contributed by atoms with Gasteiger partial charge in [0.2, 0.25) is 0 Å². The van der Waals surface area contributed by atoms with Crippen LogP contribution in [0.2, 0.25) is 0 Å². The highest BCUT2D eigenvalue weighted by Crippen LogP contribution is 2.23.